The van der Waals surface area contributed by atoms with E-state index in [0.29, 0.717) is 0 Å². The van der Waals surface area contributed by atoms with E-state index in [2.05, 4.69) is 36.0 Å². The van der Waals surface area contributed by atoms with Crippen molar-refractivity contribution in [1.82, 2.24) is 34.6 Å². The zero-order valence-electron chi connectivity index (χ0n) is 14.8. The Bertz CT molecular complexity index is 1080. The largest absolute Gasteiger partial charge is 0.395 e. The van der Waals surface area contributed by atoms with Crippen molar-refractivity contribution in [3.63, 3.8) is 0 Å². The lowest BCUT2D eigenvalue weighted by Crippen LogP contribution is -2.47. The molecule has 0 saturated carbocycles. The van der Waals surface area contributed by atoms with Gasteiger partial charge >= 0.3 is 0 Å². The van der Waals surface area contributed by atoms with E-state index in [4.69, 9.17) is 10.1 Å². The van der Waals surface area contributed by atoms with Crippen LogP contribution >= 0.6 is 0 Å². The Kier molecular flexibility index (Phi) is 3.95. The number of anilines is 1. The van der Waals surface area contributed by atoms with Crippen molar-refractivity contribution in [2.45, 2.75) is 0 Å². The number of β-amino-alcohol motifs (C(OH)–C–C–N with tert-alkyl or cyclic N) is 1. The van der Waals surface area contributed by atoms with Gasteiger partial charge in [0.25, 0.3) is 0 Å². The van der Waals surface area contributed by atoms with Crippen LogP contribution in [0.2, 0.25) is 0 Å². The Labute approximate surface area is 155 Å². The molecule has 3 aromatic heterocycles. The average molecular weight is 364 g/mol. The number of imidazole rings is 1. The van der Waals surface area contributed by atoms with E-state index in [1.807, 2.05) is 22.9 Å². The second-order valence-electron chi connectivity index (χ2n) is 6.69. The van der Waals surface area contributed by atoms with Crippen LogP contribution in [0.15, 0.2) is 36.9 Å². The Morgan fingerprint density at radius 3 is 2.81 bits per heavy atom. The monoisotopic (exact) mass is 364 g/mol. The van der Waals surface area contributed by atoms with Gasteiger partial charge in [-0.3, -0.25) is 14.6 Å². The first-order valence-corrected chi connectivity index (χ1v) is 9.03. The lowest BCUT2D eigenvalue weighted by Gasteiger charge is -2.34. The van der Waals surface area contributed by atoms with Crippen molar-refractivity contribution in [2.24, 2.45) is 0 Å². The number of benzene rings is 1. The van der Waals surface area contributed by atoms with Crippen molar-refractivity contribution < 1.29 is 5.11 Å². The Balaban J connectivity index is 1.47. The lowest BCUT2D eigenvalue weighted by molar-refractivity contribution is 0.188. The summed E-state index contributed by atoms with van der Waals surface area (Å²) < 4.78 is 1.98. The minimum atomic E-state index is 0.197. The molecule has 0 spiro atoms. The maximum absolute atomic E-state index is 9.09. The van der Waals surface area contributed by atoms with Gasteiger partial charge in [0.05, 0.1) is 24.5 Å². The standard InChI is InChI=1S/C18H20N8O/c27-8-7-24-3-5-25(6-4-24)18-19-11-16-17(22-18)26(12-20-16)14-1-2-15-13(9-14)10-21-23-15/h1-2,9-12,27H,3-8H2,(H,21,23). The van der Waals surface area contributed by atoms with Crippen LogP contribution in [-0.4, -0.2) is 79.1 Å². The molecule has 1 aliphatic rings. The van der Waals surface area contributed by atoms with Crippen LogP contribution < -0.4 is 4.90 Å². The predicted octanol–water partition coefficient (Wildman–Crippen LogP) is 0.806. The highest BCUT2D eigenvalue weighted by Crippen LogP contribution is 2.22. The molecular formula is C18H20N8O. The summed E-state index contributed by atoms with van der Waals surface area (Å²) in [4.78, 5) is 18.2. The summed E-state index contributed by atoms with van der Waals surface area (Å²) in [7, 11) is 0. The van der Waals surface area contributed by atoms with Crippen LogP contribution in [0.5, 0.6) is 0 Å². The highest BCUT2D eigenvalue weighted by Gasteiger charge is 2.19. The quantitative estimate of drug-likeness (QED) is 0.553. The predicted molar refractivity (Wildman–Crippen MR) is 102 cm³/mol. The van der Waals surface area contributed by atoms with E-state index < -0.39 is 0 Å². The van der Waals surface area contributed by atoms with Crippen LogP contribution in [0.3, 0.4) is 0 Å². The Morgan fingerprint density at radius 2 is 1.96 bits per heavy atom. The smallest absolute Gasteiger partial charge is 0.227 e. The van der Waals surface area contributed by atoms with Crippen LogP contribution in [0.4, 0.5) is 5.95 Å². The molecule has 0 aliphatic carbocycles. The van der Waals surface area contributed by atoms with E-state index in [1.165, 1.54) is 0 Å². The third-order valence-electron chi connectivity index (χ3n) is 5.05. The van der Waals surface area contributed by atoms with Crippen molar-refractivity contribution in [2.75, 3.05) is 44.2 Å². The summed E-state index contributed by atoms with van der Waals surface area (Å²) in [6, 6.07) is 6.10. The maximum Gasteiger partial charge on any atom is 0.227 e. The summed E-state index contributed by atoms with van der Waals surface area (Å²) in [5, 5.41) is 17.2. The molecule has 1 aromatic carbocycles. The zero-order valence-corrected chi connectivity index (χ0v) is 14.8. The van der Waals surface area contributed by atoms with Crippen molar-refractivity contribution >= 4 is 28.0 Å². The number of hydrogen-bond acceptors (Lipinski definition) is 7. The van der Waals surface area contributed by atoms with Crippen molar-refractivity contribution in [3.05, 3.63) is 36.9 Å². The van der Waals surface area contributed by atoms with Gasteiger partial charge in [-0.05, 0) is 18.2 Å². The summed E-state index contributed by atoms with van der Waals surface area (Å²) in [6.45, 7) is 4.41. The molecule has 0 amide bonds. The topological polar surface area (TPSA) is 99.0 Å². The number of aliphatic hydroxyl groups excluding tert-OH is 1. The first-order chi connectivity index (χ1) is 13.3. The van der Waals surface area contributed by atoms with Gasteiger partial charge in [-0.25, -0.2) is 9.97 Å². The van der Waals surface area contributed by atoms with E-state index in [-0.39, 0.29) is 6.61 Å². The molecule has 9 nitrogen and oxygen atoms in total. The molecule has 2 N–H and O–H groups in total. The number of nitrogens with one attached hydrogen (secondary N) is 1. The molecule has 0 radical (unpaired) electrons. The minimum absolute atomic E-state index is 0.197. The first kappa shape index (κ1) is 16.2. The molecule has 0 unspecified atom stereocenters. The van der Waals surface area contributed by atoms with Crippen molar-refractivity contribution in [1.29, 1.82) is 0 Å². The van der Waals surface area contributed by atoms with Gasteiger partial charge in [0, 0.05) is 43.8 Å². The SMILES string of the molecule is OCCN1CCN(c2ncc3ncn(-c4ccc5[nH]ncc5c4)c3n2)CC1. The second-order valence-corrected chi connectivity index (χ2v) is 6.69. The van der Waals surface area contributed by atoms with Gasteiger partial charge in [0.1, 0.15) is 11.8 Å². The molecule has 138 valence electrons. The van der Waals surface area contributed by atoms with E-state index >= 15 is 0 Å². The number of rotatable bonds is 4. The third kappa shape index (κ3) is 2.90. The number of aromatic amines is 1. The van der Waals surface area contributed by atoms with E-state index in [0.717, 1.165) is 66.4 Å². The fourth-order valence-corrected chi connectivity index (χ4v) is 3.53. The second kappa shape index (κ2) is 6.60. The molecule has 1 saturated heterocycles. The molecule has 5 rings (SSSR count). The number of nitrogens with zero attached hydrogens (tertiary/aromatic N) is 7. The number of fused-ring (bicyclic) bond motifs is 2. The van der Waals surface area contributed by atoms with Crippen molar-refractivity contribution in [3.8, 4) is 5.69 Å². The summed E-state index contributed by atoms with van der Waals surface area (Å²) in [6.07, 6.45) is 5.37. The number of aliphatic hydroxyl groups is 1. The van der Waals surface area contributed by atoms with Gasteiger partial charge in [-0.1, -0.05) is 0 Å². The Morgan fingerprint density at radius 1 is 1.07 bits per heavy atom. The zero-order chi connectivity index (χ0) is 18.2. The molecule has 9 heteroatoms. The van der Waals surface area contributed by atoms with Crippen LogP contribution in [-0.2, 0) is 0 Å². The average Bonchev–Trinajstić information content (AvgIpc) is 3.34. The summed E-state index contributed by atoms with van der Waals surface area (Å²) in [5.41, 5.74) is 3.55. The van der Waals surface area contributed by atoms with Gasteiger partial charge in [-0.2, -0.15) is 10.1 Å². The number of H-pyrrole nitrogens is 1. The molecule has 1 fully saturated rings. The summed E-state index contributed by atoms with van der Waals surface area (Å²) in [5.74, 6) is 0.720. The first-order valence-electron chi connectivity index (χ1n) is 9.03. The third-order valence-corrected chi connectivity index (χ3v) is 5.05. The number of aromatic nitrogens is 6. The van der Waals surface area contributed by atoms with Gasteiger partial charge < -0.3 is 10.0 Å². The van der Waals surface area contributed by atoms with Gasteiger partial charge in [-0.15, -0.1) is 0 Å². The Hall–Kier alpha value is -3.04. The minimum Gasteiger partial charge on any atom is -0.395 e. The highest BCUT2D eigenvalue weighted by atomic mass is 16.3. The number of hydrogen-bond donors (Lipinski definition) is 2. The molecule has 0 atom stereocenters. The maximum atomic E-state index is 9.09. The normalized spacial score (nSPS) is 15.8. The van der Waals surface area contributed by atoms with E-state index in [9.17, 15) is 0 Å². The summed E-state index contributed by atoms with van der Waals surface area (Å²) >= 11 is 0. The van der Waals surface area contributed by atoms with Crippen LogP contribution in [0.1, 0.15) is 0 Å². The van der Waals surface area contributed by atoms with E-state index in [1.54, 1.807) is 12.5 Å². The fraction of sp³-hybridized carbons (Fsp3) is 0.333. The molecular weight excluding hydrogens is 344 g/mol. The molecule has 27 heavy (non-hydrogen) atoms. The van der Waals surface area contributed by atoms with Crippen LogP contribution in [0.25, 0.3) is 27.8 Å². The van der Waals surface area contributed by atoms with Gasteiger partial charge in [0.2, 0.25) is 5.95 Å². The van der Waals surface area contributed by atoms with Gasteiger partial charge in [0.15, 0.2) is 5.65 Å². The lowest BCUT2D eigenvalue weighted by atomic mass is 10.2. The molecule has 0 bridgehead atoms. The highest BCUT2D eigenvalue weighted by molar-refractivity contribution is 5.81. The molecule has 4 heterocycles. The molecule has 4 aromatic rings. The van der Waals surface area contributed by atoms with Crippen LogP contribution in [0, 0.1) is 0 Å². The fourth-order valence-electron chi connectivity index (χ4n) is 3.53. The number of piperazine rings is 1. The molecule has 1 aliphatic heterocycles.